The molecule has 2 aliphatic heterocycles. The number of H-pyrrole nitrogens is 1. The molecule has 2 aromatic heterocycles. The molecule has 0 amide bonds. The molecule has 11 nitrogen and oxygen atoms in total. The van der Waals surface area contributed by atoms with Gasteiger partial charge in [-0.1, -0.05) is 12.2 Å². The van der Waals surface area contributed by atoms with Gasteiger partial charge in [0.2, 0.25) is 5.95 Å². The van der Waals surface area contributed by atoms with Gasteiger partial charge in [0, 0.05) is 0 Å². The molecule has 0 aromatic carbocycles. The number of hydrogen-bond donors (Lipinski definition) is 4. The summed E-state index contributed by atoms with van der Waals surface area (Å²) in [5.41, 5.74) is 6.36. The first-order chi connectivity index (χ1) is 10.9. The molecule has 0 spiro atoms. The Balaban J connectivity index is 1.75. The lowest BCUT2D eigenvalue weighted by Gasteiger charge is -2.27. The van der Waals surface area contributed by atoms with Crippen molar-refractivity contribution in [3.8, 4) is 0 Å². The molecule has 23 heavy (non-hydrogen) atoms. The first kappa shape index (κ1) is 15.1. The quantitative estimate of drug-likeness (QED) is 0.397. The van der Waals surface area contributed by atoms with Crippen LogP contribution < -0.4 is 5.73 Å². The van der Waals surface area contributed by atoms with E-state index in [0.29, 0.717) is 15.8 Å². The maximum atomic E-state index is 11.5. The zero-order valence-corrected chi connectivity index (χ0v) is 13.1. The standard InChI is InChI=1S/C10H12N5O6PS/c11-10-13-7-4(8(23)14-10)12-2-15(7)9-5(16)6-3(20-9)1-19-22(17,18)21-6/h2-3,5-6,9,16H,1H2,(H,17,18)(H3,11,13,14,23)/t3-,5-,6-,9-/m1/s1. The predicted molar refractivity (Wildman–Crippen MR) is 77.7 cm³/mol. The second-order valence-electron chi connectivity index (χ2n) is 5.17. The van der Waals surface area contributed by atoms with Crippen molar-refractivity contribution in [2.24, 2.45) is 0 Å². The van der Waals surface area contributed by atoms with Crippen LogP contribution >= 0.6 is 20.0 Å². The Bertz CT molecular complexity index is 884. The molecule has 0 radical (unpaired) electrons. The Morgan fingerprint density at radius 1 is 1.57 bits per heavy atom. The summed E-state index contributed by atoms with van der Waals surface area (Å²) in [4.78, 5) is 20.3. The van der Waals surface area contributed by atoms with E-state index in [1.54, 1.807) is 0 Å². The fourth-order valence-corrected chi connectivity index (χ4v) is 3.91. The second kappa shape index (κ2) is 5.05. The van der Waals surface area contributed by atoms with Gasteiger partial charge >= 0.3 is 7.82 Å². The van der Waals surface area contributed by atoms with Crippen LogP contribution in [-0.2, 0) is 18.3 Å². The molecule has 5 atom stereocenters. The number of nitrogens with zero attached hydrogens (tertiary/aromatic N) is 3. The normalized spacial score (nSPS) is 37.1. The number of aromatic nitrogens is 4. The molecule has 4 heterocycles. The second-order valence-corrected chi connectivity index (χ2v) is 6.98. The fraction of sp³-hybridized carbons (Fsp3) is 0.500. The molecule has 0 aliphatic carbocycles. The van der Waals surface area contributed by atoms with Crippen molar-refractivity contribution in [3.63, 3.8) is 0 Å². The Kier molecular flexibility index (Phi) is 3.32. The number of phosphoric acid groups is 1. The first-order valence-electron chi connectivity index (χ1n) is 6.57. The van der Waals surface area contributed by atoms with E-state index in [-0.39, 0.29) is 12.6 Å². The van der Waals surface area contributed by atoms with Crippen LogP contribution in [0.1, 0.15) is 6.23 Å². The molecular weight excluding hydrogens is 349 g/mol. The summed E-state index contributed by atoms with van der Waals surface area (Å²) in [6.07, 6.45) is -2.46. The van der Waals surface area contributed by atoms with Gasteiger partial charge < -0.3 is 25.5 Å². The van der Waals surface area contributed by atoms with Gasteiger partial charge in [0.1, 0.15) is 28.5 Å². The van der Waals surface area contributed by atoms with Gasteiger partial charge in [-0.15, -0.1) is 0 Å². The van der Waals surface area contributed by atoms with Crippen LogP contribution in [0.2, 0.25) is 0 Å². The molecule has 5 N–H and O–H groups in total. The van der Waals surface area contributed by atoms with Crippen molar-refractivity contribution in [1.29, 1.82) is 0 Å². The molecule has 13 heteroatoms. The zero-order valence-electron chi connectivity index (χ0n) is 11.4. The Morgan fingerprint density at radius 2 is 2.35 bits per heavy atom. The predicted octanol–water partition coefficient (Wildman–Crippen LogP) is -0.155. The smallest absolute Gasteiger partial charge is 0.386 e. The average Bonchev–Trinajstić information content (AvgIpc) is 3.00. The number of hydrogen-bond acceptors (Lipinski definition) is 9. The van der Waals surface area contributed by atoms with Gasteiger partial charge in [0.15, 0.2) is 11.9 Å². The Morgan fingerprint density at radius 3 is 3.13 bits per heavy atom. The molecule has 2 fully saturated rings. The van der Waals surface area contributed by atoms with Crippen LogP contribution in [0.5, 0.6) is 0 Å². The molecule has 2 aliphatic rings. The van der Waals surface area contributed by atoms with Crippen molar-refractivity contribution in [1.82, 2.24) is 19.5 Å². The lowest BCUT2D eigenvalue weighted by Crippen LogP contribution is -2.39. The highest BCUT2D eigenvalue weighted by molar-refractivity contribution is 7.71. The number of aliphatic hydroxyl groups excluding tert-OH is 1. The number of anilines is 1. The molecule has 124 valence electrons. The van der Waals surface area contributed by atoms with E-state index in [2.05, 4.69) is 19.5 Å². The van der Waals surface area contributed by atoms with E-state index in [4.69, 9.17) is 27.2 Å². The van der Waals surface area contributed by atoms with E-state index < -0.39 is 32.4 Å². The third-order valence-corrected chi connectivity index (χ3v) is 4.97. The lowest BCUT2D eigenvalue weighted by atomic mass is 10.1. The highest BCUT2D eigenvalue weighted by Gasteiger charge is 2.52. The topological polar surface area (TPSA) is 158 Å². The SMILES string of the molecule is Nc1nc2c(ncn2[C@@H]2O[C@@H]3COP(=O)(O)O[C@H]3[C@H]2O)c(=S)[nH]1. The zero-order chi connectivity index (χ0) is 16.4. The number of nitrogens with two attached hydrogens (primary N) is 1. The van der Waals surface area contributed by atoms with Crippen LogP contribution in [-0.4, -0.2) is 54.4 Å². The highest BCUT2D eigenvalue weighted by Crippen LogP contribution is 2.52. The van der Waals surface area contributed by atoms with Gasteiger partial charge in [0.25, 0.3) is 0 Å². The first-order valence-corrected chi connectivity index (χ1v) is 8.48. The molecule has 2 saturated heterocycles. The highest BCUT2D eigenvalue weighted by atomic mass is 32.1. The van der Waals surface area contributed by atoms with Gasteiger partial charge in [0.05, 0.1) is 12.9 Å². The molecule has 0 saturated carbocycles. The van der Waals surface area contributed by atoms with Gasteiger partial charge in [-0.2, -0.15) is 4.98 Å². The van der Waals surface area contributed by atoms with E-state index >= 15 is 0 Å². The van der Waals surface area contributed by atoms with Crippen molar-refractivity contribution in [2.45, 2.75) is 24.5 Å². The molecule has 2 aromatic rings. The fourth-order valence-electron chi connectivity index (χ4n) is 2.69. The van der Waals surface area contributed by atoms with Crippen molar-refractivity contribution < 1.29 is 28.3 Å². The summed E-state index contributed by atoms with van der Waals surface area (Å²) >= 11 is 5.12. The Labute approximate surface area is 133 Å². The van der Waals surface area contributed by atoms with Crippen LogP contribution in [0, 0.1) is 4.64 Å². The van der Waals surface area contributed by atoms with Gasteiger partial charge in [-0.3, -0.25) is 13.6 Å². The summed E-state index contributed by atoms with van der Waals surface area (Å²) in [5, 5.41) is 10.4. The van der Waals surface area contributed by atoms with Crippen LogP contribution in [0.4, 0.5) is 5.95 Å². The lowest BCUT2D eigenvalue weighted by molar-refractivity contribution is -0.0664. The van der Waals surface area contributed by atoms with Crippen LogP contribution in [0.25, 0.3) is 11.2 Å². The maximum absolute atomic E-state index is 11.5. The molecule has 0 bridgehead atoms. The number of phosphoric ester groups is 1. The number of aliphatic hydroxyl groups is 1. The Hall–Kier alpha value is -1.40. The number of imidazole rings is 1. The van der Waals surface area contributed by atoms with E-state index in [0.717, 1.165) is 0 Å². The van der Waals surface area contributed by atoms with Crippen LogP contribution in [0.3, 0.4) is 0 Å². The van der Waals surface area contributed by atoms with Crippen molar-refractivity contribution in [3.05, 3.63) is 11.0 Å². The monoisotopic (exact) mass is 361 g/mol. The molecule has 1 unspecified atom stereocenters. The van der Waals surface area contributed by atoms with Gasteiger partial charge in [-0.25, -0.2) is 9.55 Å². The van der Waals surface area contributed by atoms with E-state index in [1.165, 1.54) is 10.9 Å². The minimum atomic E-state index is -4.18. The molecule has 4 rings (SSSR count). The number of fused-ring (bicyclic) bond motifs is 2. The summed E-state index contributed by atoms with van der Waals surface area (Å²) in [5.74, 6) is 0.0913. The third kappa shape index (κ3) is 2.39. The summed E-state index contributed by atoms with van der Waals surface area (Å²) in [6.45, 7) is -0.172. The number of rotatable bonds is 1. The van der Waals surface area contributed by atoms with Gasteiger partial charge in [-0.05, 0) is 0 Å². The van der Waals surface area contributed by atoms with Crippen molar-refractivity contribution >= 4 is 37.2 Å². The van der Waals surface area contributed by atoms with Crippen LogP contribution in [0.15, 0.2) is 6.33 Å². The average molecular weight is 361 g/mol. The maximum Gasteiger partial charge on any atom is 0.472 e. The largest absolute Gasteiger partial charge is 0.472 e. The van der Waals surface area contributed by atoms with E-state index in [9.17, 15) is 14.6 Å². The minimum absolute atomic E-state index is 0.0913. The number of nitrogens with one attached hydrogen (secondary N) is 1. The van der Waals surface area contributed by atoms with E-state index in [1.807, 2.05) is 0 Å². The summed E-state index contributed by atoms with van der Waals surface area (Å²) in [6, 6.07) is 0. The van der Waals surface area contributed by atoms with Crippen molar-refractivity contribution in [2.75, 3.05) is 12.3 Å². The molecular formula is C10H12N5O6PS. The number of nitrogen functional groups attached to an aromatic ring is 1. The number of ether oxygens (including phenoxy) is 1. The number of aromatic amines is 1. The third-order valence-electron chi connectivity index (χ3n) is 3.69. The summed E-state index contributed by atoms with van der Waals surface area (Å²) in [7, 11) is -4.18. The summed E-state index contributed by atoms with van der Waals surface area (Å²) < 4.78 is 28.5. The minimum Gasteiger partial charge on any atom is -0.386 e.